The van der Waals surface area contributed by atoms with Gasteiger partial charge in [-0.2, -0.15) is 5.26 Å². The summed E-state index contributed by atoms with van der Waals surface area (Å²) in [4.78, 5) is 13.7. The molecule has 0 aliphatic carbocycles. The second kappa shape index (κ2) is 6.87. The molecule has 0 aliphatic heterocycles. The van der Waals surface area contributed by atoms with Crippen molar-refractivity contribution < 1.29 is 0 Å². The molecule has 4 nitrogen and oxygen atoms in total. The highest BCUT2D eigenvalue weighted by Crippen LogP contribution is 1.99. The van der Waals surface area contributed by atoms with E-state index in [-0.39, 0.29) is 5.56 Å². The minimum atomic E-state index is 0.0245. The molecule has 0 spiro atoms. The summed E-state index contributed by atoms with van der Waals surface area (Å²) >= 11 is 0. The fraction of sp³-hybridized carbons (Fsp3) is 0.538. The maximum Gasteiger partial charge on any atom is 0.250 e. The second-order valence-corrected chi connectivity index (χ2v) is 4.27. The van der Waals surface area contributed by atoms with Gasteiger partial charge >= 0.3 is 0 Å². The lowest BCUT2D eigenvalue weighted by atomic mass is 10.3. The van der Waals surface area contributed by atoms with E-state index in [0.717, 1.165) is 13.1 Å². The molecule has 1 rings (SSSR count). The molecule has 4 heteroatoms. The van der Waals surface area contributed by atoms with Gasteiger partial charge in [-0.3, -0.25) is 9.69 Å². The molecule has 0 aromatic carbocycles. The van der Waals surface area contributed by atoms with Crippen LogP contribution in [0.4, 0.5) is 0 Å². The number of aromatic nitrogens is 1. The molecule has 0 saturated heterocycles. The third-order valence-electron chi connectivity index (χ3n) is 2.77. The molecule has 0 amide bonds. The van der Waals surface area contributed by atoms with Gasteiger partial charge in [0.1, 0.15) is 0 Å². The average molecular weight is 233 g/mol. The Bertz CT molecular complexity index is 431. The Morgan fingerprint density at radius 3 is 2.76 bits per heavy atom. The molecule has 0 atom stereocenters. The van der Waals surface area contributed by atoms with E-state index in [4.69, 9.17) is 5.26 Å². The van der Waals surface area contributed by atoms with Crippen molar-refractivity contribution in [1.82, 2.24) is 9.47 Å². The average Bonchev–Trinajstić information content (AvgIpc) is 2.31. The molecular weight excluding hydrogens is 214 g/mol. The summed E-state index contributed by atoms with van der Waals surface area (Å²) in [6, 6.07) is 7.71. The first-order valence-electron chi connectivity index (χ1n) is 5.91. The highest BCUT2D eigenvalue weighted by molar-refractivity contribution is 4.93. The van der Waals surface area contributed by atoms with Gasteiger partial charge in [0.2, 0.25) is 0 Å². The Morgan fingerprint density at radius 2 is 2.18 bits per heavy atom. The van der Waals surface area contributed by atoms with Gasteiger partial charge in [-0.15, -0.1) is 0 Å². The van der Waals surface area contributed by atoms with Crippen LogP contribution in [-0.4, -0.2) is 28.6 Å². The molecule has 0 N–H and O–H groups in total. The van der Waals surface area contributed by atoms with Gasteiger partial charge in [0, 0.05) is 44.4 Å². The number of nitriles is 1. The summed E-state index contributed by atoms with van der Waals surface area (Å²) < 4.78 is 1.70. The van der Waals surface area contributed by atoms with Gasteiger partial charge in [0.15, 0.2) is 0 Å². The van der Waals surface area contributed by atoms with Crippen molar-refractivity contribution >= 4 is 0 Å². The molecule has 0 fully saturated rings. The fourth-order valence-electron chi connectivity index (χ4n) is 1.70. The maximum atomic E-state index is 11.5. The maximum absolute atomic E-state index is 11.5. The summed E-state index contributed by atoms with van der Waals surface area (Å²) in [6.07, 6.45) is 2.33. The molecule has 0 radical (unpaired) electrons. The van der Waals surface area contributed by atoms with Crippen molar-refractivity contribution in [3.05, 3.63) is 34.7 Å². The zero-order chi connectivity index (χ0) is 12.7. The smallest absolute Gasteiger partial charge is 0.250 e. The lowest BCUT2D eigenvalue weighted by Gasteiger charge is -2.25. The summed E-state index contributed by atoms with van der Waals surface area (Å²) in [5.41, 5.74) is 0.0245. The SMILES string of the molecule is CC(C)N(CCC#N)CCn1ccccc1=O. The zero-order valence-electron chi connectivity index (χ0n) is 10.5. The van der Waals surface area contributed by atoms with Crippen LogP contribution < -0.4 is 5.56 Å². The Kier molecular flexibility index (Phi) is 5.44. The van der Waals surface area contributed by atoms with E-state index in [0.29, 0.717) is 19.0 Å². The minimum absolute atomic E-state index is 0.0245. The van der Waals surface area contributed by atoms with Gasteiger partial charge in [-0.05, 0) is 19.9 Å². The van der Waals surface area contributed by atoms with Crippen molar-refractivity contribution in [2.75, 3.05) is 13.1 Å². The molecule has 92 valence electrons. The van der Waals surface area contributed by atoms with Crippen molar-refractivity contribution in [3.8, 4) is 6.07 Å². The Labute approximate surface area is 102 Å². The molecule has 17 heavy (non-hydrogen) atoms. The summed E-state index contributed by atoms with van der Waals surface area (Å²) in [5, 5.41) is 8.59. The highest BCUT2D eigenvalue weighted by atomic mass is 16.1. The van der Waals surface area contributed by atoms with E-state index in [2.05, 4.69) is 24.8 Å². The topological polar surface area (TPSA) is 49.0 Å². The normalized spacial score (nSPS) is 10.8. The molecule has 0 saturated carbocycles. The monoisotopic (exact) mass is 233 g/mol. The van der Waals surface area contributed by atoms with E-state index in [9.17, 15) is 4.79 Å². The van der Waals surface area contributed by atoms with E-state index in [1.807, 2.05) is 6.07 Å². The van der Waals surface area contributed by atoms with Gasteiger partial charge in [0.05, 0.1) is 6.07 Å². The van der Waals surface area contributed by atoms with Crippen molar-refractivity contribution in [2.45, 2.75) is 32.9 Å². The first kappa shape index (κ1) is 13.5. The van der Waals surface area contributed by atoms with Crippen LogP contribution in [0.5, 0.6) is 0 Å². The van der Waals surface area contributed by atoms with Gasteiger partial charge in [-0.25, -0.2) is 0 Å². The van der Waals surface area contributed by atoms with Gasteiger partial charge in [0.25, 0.3) is 5.56 Å². The van der Waals surface area contributed by atoms with Crippen LogP contribution in [-0.2, 0) is 6.54 Å². The van der Waals surface area contributed by atoms with Crippen LogP contribution in [0.2, 0.25) is 0 Å². The minimum Gasteiger partial charge on any atom is -0.314 e. The fourth-order valence-corrected chi connectivity index (χ4v) is 1.70. The lowest BCUT2D eigenvalue weighted by Crippen LogP contribution is -2.36. The van der Waals surface area contributed by atoms with E-state index in [1.165, 1.54) is 0 Å². The quantitative estimate of drug-likeness (QED) is 0.747. The van der Waals surface area contributed by atoms with E-state index in [1.54, 1.807) is 22.9 Å². The first-order chi connectivity index (χ1) is 8.15. The van der Waals surface area contributed by atoms with Crippen molar-refractivity contribution in [1.29, 1.82) is 5.26 Å². The third-order valence-corrected chi connectivity index (χ3v) is 2.77. The van der Waals surface area contributed by atoms with Crippen LogP contribution >= 0.6 is 0 Å². The summed E-state index contributed by atoms with van der Waals surface area (Å²) in [6.45, 7) is 6.43. The molecule has 1 aromatic heterocycles. The molecule has 0 unspecified atom stereocenters. The lowest BCUT2D eigenvalue weighted by molar-refractivity contribution is 0.217. The number of nitrogens with zero attached hydrogens (tertiary/aromatic N) is 3. The van der Waals surface area contributed by atoms with E-state index >= 15 is 0 Å². The molecule has 0 aliphatic rings. The van der Waals surface area contributed by atoms with Crippen LogP contribution in [0.25, 0.3) is 0 Å². The third kappa shape index (κ3) is 4.41. The first-order valence-corrected chi connectivity index (χ1v) is 5.91. The molecule has 1 heterocycles. The van der Waals surface area contributed by atoms with Crippen molar-refractivity contribution in [2.24, 2.45) is 0 Å². The summed E-state index contributed by atoms with van der Waals surface area (Å²) in [5.74, 6) is 0. The Morgan fingerprint density at radius 1 is 1.41 bits per heavy atom. The summed E-state index contributed by atoms with van der Waals surface area (Å²) in [7, 11) is 0. The number of hydrogen-bond donors (Lipinski definition) is 0. The second-order valence-electron chi connectivity index (χ2n) is 4.27. The van der Waals surface area contributed by atoms with Crippen LogP contribution in [0, 0.1) is 11.3 Å². The largest absolute Gasteiger partial charge is 0.314 e. The standard InChI is InChI=1S/C13H19N3O/c1-12(2)15(9-5-7-14)10-11-16-8-4-3-6-13(16)17/h3-4,6,8,12H,5,9-11H2,1-2H3. The zero-order valence-corrected chi connectivity index (χ0v) is 10.5. The van der Waals surface area contributed by atoms with Crippen molar-refractivity contribution in [3.63, 3.8) is 0 Å². The predicted molar refractivity (Wildman–Crippen MR) is 67.6 cm³/mol. The Balaban J connectivity index is 2.55. The van der Waals surface area contributed by atoms with Crippen LogP contribution in [0.3, 0.4) is 0 Å². The number of rotatable bonds is 6. The van der Waals surface area contributed by atoms with E-state index < -0.39 is 0 Å². The molecular formula is C13H19N3O. The predicted octanol–water partition coefficient (Wildman–Crippen LogP) is 1.47. The van der Waals surface area contributed by atoms with Crippen LogP contribution in [0.15, 0.2) is 29.2 Å². The number of pyridine rings is 1. The van der Waals surface area contributed by atoms with Crippen LogP contribution in [0.1, 0.15) is 20.3 Å². The van der Waals surface area contributed by atoms with Gasteiger partial charge in [-0.1, -0.05) is 6.07 Å². The number of hydrogen-bond acceptors (Lipinski definition) is 3. The van der Waals surface area contributed by atoms with Gasteiger partial charge < -0.3 is 4.57 Å². The molecule has 0 bridgehead atoms. The highest BCUT2D eigenvalue weighted by Gasteiger charge is 2.08. The molecule has 1 aromatic rings. The Hall–Kier alpha value is -1.60.